The second-order valence-corrected chi connectivity index (χ2v) is 5.81. The Balaban J connectivity index is 2.24. The van der Waals surface area contributed by atoms with E-state index in [9.17, 15) is 9.90 Å². The van der Waals surface area contributed by atoms with Crippen LogP contribution in [0.15, 0.2) is 18.3 Å². The van der Waals surface area contributed by atoms with Gasteiger partial charge in [0.2, 0.25) is 0 Å². The second kappa shape index (κ2) is 4.22. The largest absolute Gasteiger partial charge is 0.385 e. The van der Waals surface area contributed by atoms with Crippen LogP contribution < -0.4 is 0 Å². The van der Waals surface area contributed by atoms with Crippen LogP contribution in [0.5, 0.6) is 0 Å². The summed E-state index contributed by atoms with van der Waals surface area (Å²) in [6.07, 6.45) is 2.46. The van der Waals surface area contributed by atoms with Gasteiger partial charge < -0.3 is 5.11 Å². The van der Waals surface area contributed by atoms with Crippen molar-refractivity contribution in [3.63, 3.8) is 0 Å². The highest BCUT2D eigenvalue weighted by atomic mass is 16.3. The van der Waals surface area contributed by atoms with Crippen LogP contribution in [0.1, 0.15) is 44.4 Å². The standard InChI is InChI=1S/C14H19NO2/c1-14(2,3)13(17)12(16)10-7-6-9-5-4-8-15-11(9)10/h4-5,8,10,13,17H,6-7H2,1-3H3. The van der Waals surface area contributed by atoms with Gasteiger partial charge in [0.05, 0.1) is 11.6 Å². The van der Waals surface area contributed by atoms with E-state index in [1.807, 2.05) is 32.9 Å². The van der Waals surface area contributed by atoms with E-state index in [0.29, 0.717) is 0 Å². The van der Waals surface area contributed by atoms with E-state index in [4.69, 9.17) is 0 Å². The molecule has 1 N–H and O–H groups in total. The molecule has 0 aliphatic heterocycles. The number of aryl methyl sites for hydroxylation is 1. The molecular formula is C14H19NO2. The molecule has 2 atom stereocenters. The van der Waals surface area contributed by atoms with Crippen molar-refractivity contribution in [3.8, 4) is 0 Å². The third kappa shape index (κ3) is 2.25. The minimum absolute atomic E-state index is 0.0880. The van der Waals surface area contributed by atoms with E-state index >= 15 is 0 Å². The fourth-order valence-electron chi connectivity index (χ4n) is 2.31. The van der Waals surface area contributed by atoms with Crippen LogP contribution in [-0.4, -0.2) is 22.0 Å². The number of carbonyl (C=O) groups is 1. The van der Waals surface area contributed by atoms with Gasteiger partial charge in [-0.3, -0.25) is 9.78 Å². The van der Waals surface area contributed by atoms with E-state index in [1.165, 1.54) is 0 Å². The lowest BCUT2D eigenvalue weighted by molar-refractivity contribution is -0.133. The third-order valence-electron chi connectivity index (χ3n) is 3.39. The summed E-state index contributed by atoms with van der Waals surface area (Å²) in [5.41, 5.74) is 1.60. The van der Waals surface area contributed by atoms with Gasteiger partial charge in [-0.1, -0.05) is 26.8 Å². The van der Waals surface area contributed by atoms with Gasteiger partial charge in [-0.2, -0.15) is 0 Å². The highest BCUT2D eigenvalue weighted by Gasteiger charge is 2.38. The van der Waals surface area contributed by atoms with Crippen molar-refractivity contribution in [2.75, 3.05) is 0 Å². The van der Waals surface area contributed by atoms with E-state index in [0.717, 1.165) is 24.1 Å². The van der Waals surface area contributed by atoms with Crippen LogP contribution in [0.25, 0.3) is 0 Å². The van der Waals surface area contributed by atoms with Gasteiger partial charge in [-0.15, -0.1) is 0 Å². The number of Topliss-reactive ketones (excluding diaryl/α,β-unsaturated/α-hetero) is 1. The highest BCUT2D eigenvalue weighted by molar-refractivity contribution is 5.90. The van der Waals surface area contributed by atoms with Crippen LogP contribution in [-0.2, 0) is 11.2 Å². The van der Waals surface area contributed by atoms with Gasteiger partial charge >= 0.3 is 0 Å². The third-order valence-corrected chi connectivity index (χ3v) is 3.39. The molecule has 3 heteroatoms. The fourth-order valence-corrected chi connectivity index (χ4v) is 2.31. The molecular weight excluding hydrogens is 214 g/mol. The zero-order chi connectivity index (χ0) is 12.6. The number of hydrogen-bond donors (Lipinski definition) is 1. The lowest BCUT2D eigenvalue weighted by atomic mass is 9.82. The van der Waals surface area contributed by atoms with Gasteiger partial charge in [0.25, 0.3) is 0 Å². The lowest BCUT2D eigenvalue weighted by Crippen LogP contribution is -2.37. The summed E-state index contributed by atoms with van der Waals surface area (Å²) in [6, 6.07) is 3.91. The molecule has 0 radical (unpaired) electrons. The summed E-state index contributed by atoms with van der Waals surface area (Å²) in [5.74, 6) is -0.310. The Hall–Kier alpha value is -1.22. The van der Waals surface area contributed by atoms with Gasteiger partial charge in [0, 0.05) is 6.20 Å². The first-order chi connectivity index (χ1) is 7.91. The molecule has 1 aromatic heterocycles. The van der Waals surface area contributed by atoms with Gasteiger partial charge in [0.15, 0.2) is 5.78 Å². The lowest BCUT2D eigenvalue weighted by Gasteiger charge is -2.26. The Kier molecular flexibility index (Phi) is 3.04. The number of pyridine rings is 1. The van der Waals surface area contributed by atoms with E-state index in [-0.39, 0.29) is 11.7 Å². The van der Waals surface area contributed by atoms with E-state index in [2.05, 4.69) is 4.98 Å². The number of nitrogens with zero attached hydrogens (tertiary/aromatic N) is 1. The fraction of sp³-hybridized carbons (Fsp3) is 0.571. The summed E-state index contributed by atoms with van der Waals surface area (Å²) >= 11 is 0. The molecule has 0 saturated carbocycles. The number of carbonyl (C=O) groups excluding carboxylic acids is 1. The van der Waals surface area contributed by atoms with Crippen LogP contribution in [0.3, 0.4) is 0 Å². The number of aliphatic hydroxyl groups excluding tert-OH is 1. The summed E-state index contributed by atoms with van der Waals surface area (Å²) in [7, 11) is 0. The quantitative estimate of drug-likeness (QED) is 0.851. The summed E-state index contributed by atoms with van der Waals surface area (Å²) in [5, 5.41) is 10.1. The number of ketones is 1. The molecule has 1 aromatic rings. The maximum absolute atomic E-state index is 12.3. The predicted octanol–water partition coefficient (Wildman–Crippen LogP) is 2.09. The summed E-state index contributed by atoms with van der Waals surface area (Å²) in [6.45, 7) is 5.64. The molecule has 1 heterocycles. The van der Waals surface area contributed by atoms with Gasteiger partial charge in [-0.25, -0.2) is 0 Å². The summed E-state index contributed by atoms with van der Waals surface area (Å²) in [4.78, 5) is 16.6. The Morgan fingerprint density at radius 2 is 2.24 bits per heavy atom. The molecule has 17 heavy (non-hydrogen) atoms. The SMILES string of the molecule is CC(C)(C)C(O)C(=O)C1CCc2cccnc21. The molecule has 0 spiro atoms. The van der Waals surface area contributed by atoms with Crippen LogP contribution >= 0.6 is 0 Å². The Bertz CT molecular complexity index is 434. The zero-order valence-electron chi connectivity index (χ0n) is 10.6. The maximum atomic E-state index is 12.3. The first-order valence-corrected chi connectivity index (χ1v) is 6.07. The van der Waals surface area contributed by atoms with Crippen LogP contribution in [0.4, 0.5) is 0 Å². The number of fused-ring (bicyclic) bond motifs is 1. The molecule has 0 fully saturated rings. The summed E-state index contributed by atoms with van der Waals surface area (Å²) < 4.78 is 0. The minimum atomic E-state index is -0.916. The number of aliphatic hydroxyl groups is 1. The second-order valence-electron chi connectivity index (χ2n) is 5.81. The van der Waals surface area contributed by atoms with E-state index < -0.39 is 11.5 Å². The molecule has 0 bridgehead atoms. The minimum Gasteiger partial charge on any atom is -0.385 e. The molecule has 92 valence electrons. The molecule has 1 aliphatic carbocycles. The van der Waals surface area contributed by atoms with Crippen molar-refractivity contribution in [2.24, 2.45) is 5.41 Å². The predicted molar refractivity (Wildman–Crippen MR) is 65.8 cm³/mol. The van der Waals surface area contributed by atoms with Crippen molar-refractivity contribution < 1.29 is 9.90 Å². The normalized spacial score (nSPS) is 21.1. The Morgan fingerprint density at radius 1 is 1.53 bits per heavy atom. The van der Waals surface area contributed by atoms with Crippen molar-refractivity contribution in [3.05, 3.63) is 29.6 Å². The Labute approximate surface area is 102 Å². The monoisotopic (exact) mass is 233 g/mol. The highest BCUT2D eigenvalue weighted by Crippen LogP contribution is 2.35. The average molecular weight is 233 g/mol. The molecule has 1 aliphatic rings. The van der Waals surface area contributed by atoms with Crippen molar-refractivity contribution in [1.82, 2.24) is 4.98 Å². The molecule has 2 unspecified atom stereocenters. The molecule has 0 aromatic carbocycles. The van der Waals surface area contributed by atoms with Crippen molar-refractivity contribution >= 4 is 5.78 Å². The van der Waals surface area contributed by atoms with Crippen LogP contribution in [0, 0.1) is 5.41 Å². The molecule has 3 nitrogen and oxygen atoms in total. The first kappa shape index (κ1) is 12.2. The number of hydrogen-bond acceptors (Lipinski definition) is 3. The first-order valence-electron chi connectivity index (χ1n) is 6.07. The maximum Gasteiger partial charge on any atom is 0.170 e. The Morgan fingerprint density at radius 3 is 2.88 bits per heavy atom. The van der Waals surface area contributed by atoms with Crippen molar-refractivity contribution in [2.45, 2.75) is 45.6 Å². The van der Waals surface area contributed by atoms with E-state index in [1.54, 1.807) is 6.20 Å². The number of rotatable bonds is 2. The topological polar surface area (TPSA) is 50.2 Å². The molecule has 2 rings (SSSR count). The number of aromatic nitrogens is 1. The molecule has 0 amide bonds. The van der Waals surface area contributed by atoms with Gasteiger partial charge in [0.1, 0.15) is 6.10 Å². The zero-order valence-corrected chi connectivity index (χ0v) is 10.6. The smallest absolute Gasteiger partial charge is 0.170 e. The average Bonchev–Trinajstić information content (AvgIpc) is 2.69. The van der Waals surface area contributed by atoms with Gasteiger partial charge in [-0.05, 0) is 29.9 Å². The van der Waals surface area contributed by atoms with Crippen molar-refractivity contribution in [1.29, 1.82) is 0 Å². The van der Waals surface area contributed by atoms with Crippen LogP contribution in [0.2, 0.25) is 0 Å². The molecule has 0 saturated heterocycles.